The van der Waals surface area contributed by atoms with Crippen LogP contribution < -0.4 is 11.1 Å². The summed E-state index contributed by atoms with van der Waals surface area (Å²) in [7, 11) is 0. The summed E-state index contributed by atoms with van der Waals surface area (Å²) in [6.07, 6.45) is 3.03. The summed E-state index contributed by atoms with van der Waals surface area (Å²) < 4.78 is 0. The highest BCUT2D eigenvalue weighted by atomic mass is 16.1. The zero-order chi connectivity index (χ0) is 14.0. The molecule has 0 unspecified atom stereocenters. The van der Waals surface area contributed by atoms with Crippen LogP contribution in [0.5, 0.6) is 0 Å². The van der Waals surface area contributed by atoms with Gasteiger partial charge in [0.05, 0.1) is 12.3 Å². The second kappa shape index (κ2) is 4.77. The van der Waals surface area contributed by atoms with E-state index in [1.807, 2.05) is 0 Å². The molecule has 0 saturated heterocycles. The number of nitrogens with two attached hydrogens (primary N) is 1. The Bertz CT molecular complexity index is 594. The molecule has 0 aliphatic heterocycles. The van der Waals surface area contributed by atoms with Crippen LogP contribution in [0.25, 0.3) is 4.85 Å². The Hall–Kier alpha value is -2.28. The van der Waals surface area contributed by atoms with Gasteiger partial charge in [0.25, 0.3) is 0 Å². The van der Waals surface area contributed by atoms with Crippen molar-refractivity contribution in [3.05, 3.63) is 41.4 Å². The zero-order valence-corrected chi connectivity index (χ0v) is 11.2. The van der Waals surface area contributed by atoms with Crippen molar-refractivity contribution in [2.24, 2.45) is 5.41 Å². The lowest BCUT2D eigenvalue weighted by molar-refractivity contribution is -0.117. The molecule has 1 aliphatic rings. The van der Waals surface area contributed by atoms with Crippen molar-refractivity contribution in [3.8, 4) is 0 Å². The lowest BCUT2D eigenvalue weighted by Crippen LogP contribution is -2.24. The van der Waals surface area contributed by atoms with E-state index < -0.39 is 0 Å². The highest BCUT2D eigenvalue weighted by Gasteiger charge is 2.27. The zero-order valence-electron chi connectivity index (χ0n) is 11.2. The van der Waals surface area contributed by atoms with Crippen LogP contribution in [0.3, 0.4) is 0 Å². The van der Waals surface area contributed by atoms with Crippen molar-refractivity contribution < 1.29 is 4.79 Å². The van der Waals surface area contributed by atoms with E-state index in [-0.39, 0.29) is 11.2 Å². The third kappa shape index (κ3) is 3.14. The normalized spacial score (nSPS) is 17.5. The minimum atomic E-state index is -0.0284. The lowest BCUT2D eigenvalue weighted by atomic mass is 9.79. The molecular weight excluding hydrogens is 238 g/mol. The molecule has 19 heavy (non-hydrogen) atoms. The van der Waals surface area contributed by atoms with E-state index in [0.29, 0.717) is 17.8 Å². The summed E-state index contributed by atoms with van der Waals surface area (Å²) in [6.45, 7) is 11.1. The number of ketones is 1. The van der Waals surface area contributed by atoms with Crippen LogP contribution in [0.15, 0.2) is 30.0 Å². The molecule has 0 amide bonds. The Morgan fingerprint density at radius 1 is 1.37 bits per heavy atom. The fourth-order valence-electron chi connectivity index (χ4n) is 2.33. The lowest BCUT2D eigenvalue weighted by Gasteiger charge is -2.29. The van der Waals surface area contributed by atoms with Crippen LogP contribution in [0.2, 0.25) is 0 Å². The van der Waals surface area contributed by atoms with Gasteiger partial charge in [-0.25, -0.2) is 4.85 Å². The average molecular weight is 255 g/mol. The molecule has 0 spiro atoms. The largest absolute Gasteiger partial charge is 0.398 e. The summed E-state index contributed by atoms with van der Waals surface area (Å²) in [6, 6.07) is 5.11. The van der Waals surface area contributed by atoms with E-state index in [0.717, 1.165) is 17.8 Å². The Balaban J connectivity index is 2.22. The fraction of sp³-hybridized carbons (Fsp3) is 0.333. The van der Waals surface area contributed by atoms with Crippen LogP contribution in [0.4, 0.5) is 17.1 Å². The minimum absolute atomic E-state index is 0.0284. The van der Waals surface area contributed by atoms with Gasteiger partial charge in [-0.05, 0) is 24.0 Å². The van der Waals surface area contributed by atoms with Gasteiger partial charge in [0.1, 0.15) is 0 Å². The van der Waals surface area contributed by atoms with Gasteiger partial charge in [-0.15, -0.1) is 0 Å². The van der Waals surface area contributed by atoms with Gasteiger partial charge in [-0.2, -0.15) is 0 Å². The van der Waals surface area contributed by atoms with Crippen molar-refractivity contribution in [3.63, 3.8) is 0 Å². The SMILES string of the molecule is [C-]#[N+]c1ccc(NC2=CC(=O)CC(C)(C)C2)c(N)c1. The van der Waals surface area contributed by atoms with E-state index in [4.69, 9.17) is 12.3 Å². The molecule has 1 aliphatic carbocycles. The molecule has 0 aromatic heterocycles. The molecule has 0 fully saturated rings. The smallest absolute Gasteiger partial charge is 0.189 e. The van der Waals surface area contributed by atoms with Gasteiger partial charge in [0, 0.05) is 23.9 Å². The molecule has 0 radical (unpaired) electrons. The first-order valence-electron chi connectivity index (χ1n) is 6.17. The van der Waals surface area contributed by atoms with Crippen LogP contribution in [0.1, 0.15) is 26.7 Å². The molecule has 0 atom stereocenters. The van der Waals surface area contributed by atoms with Gasteiger partial charge < -0.3 is 11.1 Å². The number of allylic oxidation sites excluding steroid dienone is 2. The number of hydrogen-bond donors (Lipinski definition) is 2. The fourth-order valence-corrected chi connectivity index (χ4v) is 2.33. The summed E-state index contributed by atoms with van der Waals surface area (Å²) in [5, 5.41) is 3.20. The standard InChI is InChI=1S/C15H17N3O/c1-15(2)8-11(6-12(19)9-15)18-14-5-4-10(17-3)7-13(14)16/h4-7,18H,8-9,16H2,1-2H3. The molecule has 0 bridgehead atoms. The van der Waals surface area contributed by atoms with E-state index >= 15 is 0 Å². The third-order valence-corrected chi connectivity index (χ3v) is 3.12. The predicted molar refractivity (Wildman–Crippen MR) is 76.8 cm³/mol. The third-order valence-electron chi connectivity index (χ3n) is 3.12. The van der Waals surface area contributed by atoms with E-state index in [2.05, 4.69) is 24.0 Å². The van der Waals surface area contributed by atoms with Crippen molar-refractivity contribution in [1.82, 2.24) is 0 Å². The molecule has 1 aromatic rings. The molecule has 98 valence electrons. The second-order valence-corrected chi connectivity index (χ2v) is 5.66. The number of nitrogen functional groups attached to an aromatic ring is 1. The quantitative estimate of drug-likeness (QED) is 0.628. The van der Waals surface area contributed by atoms with Crippen molar-refractivity contribution in [2.75, 3.05) is 11.1 Å². The molecule has 1 aromatic carbocycles. The number of carbonyl (C=O) groups is 1. The Kier molecular flexibility index (Phi) is 3.30. The van der Waals surface area contributed by atoms with Crippen molar-refractivity contribution in [1.29, 1.82) is 0 Å². The Morgan fingerprint density at radius 2 is 2.11 bits per heavy atom. The van der Waals surface area contributed by atoms with E-state index in [1.165, 1.54) is 0 Å². The summed E-state index contributed by atoms with van der Waals surface area (Å²) in [5.74, 6) is 0.134. The van der Waals surface area contributed by atoms with Crippen LogP contribution >= 0.6 is 0 Å². The summed E-state index contributed by atoms with van der Waals surface area (Å²) in [5.41, 5.74) is 8.52. The molecule has 0 heterocycles. The molecule has 3 N–H and O–H groups in total. The maximum absolute atomic E-state index is 11.7. The predicted octanol–water partition coefficient (Wildman–Crippen LogP) is 3.50. The summed E-state index contributed by atoms with van der Waals surface area (Å²) in [4.78, 5) is 15.0. The van der Waals surface area contributed by atoms with Gasteiger partial charge in [-0.1, -0.05) is 19.9 Å². The number of hydrogen-bond acceptors (Lipinski definition) is 3. The van der Waals surface area contributed by atoms with Crippen molar-refractivity contribution in [2.45, 2.75) is 26.7 Å². The topological polar surface area (TPSA) is 59.5 Å². The summed E-state index contributed by atoms with van der Waals surface area (Å²) >= 11 is 0. The Labute approximate surface area is 113 Å². The monoisotopic (exact) mass is 255 g/mol. The molecule has 2 rings (SSSR count). The van der Waals surface area contributed by atoms with Gasteiger partial charge in [-0.3, -0.25) is 4.79 Å². The van der Waals surface area contributed by atoms with E-state index in [1.54, 1.807) is 24.3 Å². The Morgan fingerprint density at radius 3 is 2.68 bits per heavy atom. The van der Waals surface area contributed by atoms with Crippen LogP contribution in [0, 0.1) is 12.0 Å². The first-order chi connectivity index (χ1) is 8.89. The number of benzene rings is 1. The maximum Gasteiger partial charge on any atom is 0.189 e. The number of nitrogens with zero attached hydrogens (tertiary/aromatic N) is 1. The molecular formula is C15H17N3O. The van der Waals surface area contributed by atoms with Crippen molar-refractivity contribution >= 4 is 22.8 Å². The molecule has 4 nitrogen and oxygen atoms in total. The van der Waals surface area contributed by atoms with E-state index in [9.17, 15) is 4.79 Å². The highest BCUT2D eigenvalue weighted by molar-refractivity contribution is 5.92. The molecule has 4 heteroatoms. The average Bonchev–Trinajstić information content (AvgIpc) is 2.29. The maximum atomic E-state index is 11.7. The van der Waals surface area contributed by atoms with Gasteiger partial charge in [0.15, 0.2) is 11.5 Å². The van der Waals surface area contributed by atoms with Gasteiger partial charge in [0.2, 0.25) is 0 Å². The highest BCUT2D eigenvalue weighted by Crippen LogP contribution is 2.35. The number of anilines is 2. The van der Waals surface area contributed by atoms with Gasteiger partial charge >= 0.3 is 0 Å². The van der Waals surface area contributed by atoms with Crippen LogP contribution in [-0.4, -0.2) is 5.78 Å². The minimum Gasteiger partial charge on any atom is -0.398 e. The second-order valence-electron chi connectivity index (χ2n) is 5.66. The van der Waals surface area contributed by atoms with Crippen LogP contribution in [-0.2, 0) is 4.79 Å². The first-order valence-corrected chi connectivity index (χ1v) is 6.17. The number of rotatable bonds is 2. The first kappa shape index (κ1) is 13.2. The number of nitrogens with one attached hydrogen (secondary N) is 1. The molecule has 0 saturated carbocycles. The number of carbonyl (C=O) groups excluding carboxylic acids is 1.